The Morgan fingerprint density at radius 3 is 2.85 bits per heavy atom. The van der Waals surface area contributed by atoms with Gasteiger partial charge in [0.25, 0.3) is 0 Å². The van der Waals surface area contributed by atoms with E-state index in [0.29, 0.717) is 11.3 Å². The van der Waals surface area contributed by atoms with Gasteiger partial charge in [-0.3, -0.25) is 9.59 Å². The van der Waals surface area contributed by atoms with Gasteiger partial charge in [0.2, 0.25) is 15.9 Å². The predicted octanol–water partition coefficient (Wildman–Crippen LogP) is 0.180. The first-order valence-corrected chi connectivity index (χ1v) is 7.43. The van der Waals surface area contributed by atoms with Crippen molar-refractivity contribution in [3.63, 3.8) is 0 Å². The predicted molar refractivity (Wildman–Crippen MR) is 70.8 cm³/mol. The normalized spacial score (nSPS) is 15.6. The summed E-state index contributed by atoms with van der Waals surface area (Å²) >= 11 is 0. The molecular weight excluding hydrogens is 284 g/mol. The Bertz CT molecular complexity index is 668. The molecule has 0 bridgehead atoms. The van der Waals surface area contributed by atoms with Crippen molar-refractivity contribution in [3.8, 4) is 0 Å². The molecule has 3 N–H and O–H groups in total. The standard InChI is InChI=1S/C12H14N2O5S/c1-7(12(16)17)6-13-20(18,19)9-2-3-10-8(4-9)5-11(15)14-10/h2-4,7,13H,5-6H2,1H3,(H,14,15)(H,16,17). The van der Waals surface area contributed by atoms with E-state index in [1.165, 1.54) is 25.1 Å². The van der Waals surface area contributed by atoms with E-state index in [0.717, 1.165) is 0 Å². The lowest BCUT2D eigenvalue weighted by molar-refractivity contribution is -0.140. The minimum Gasteiger partial charge on any atom is -0.481 e. The molecular formula is C12H14N2O5S. The van der Waals surface area contributed by atoms with E-state index in [4.69, 9.17) is 5.11 Å². The molecule has 0 saturated carbocycles. The fourth-order valence-corrected chi connectivity index (χ4v) is 2.96. The zero-order chi connectivity index (χ0) is 14.9. The largest absolute Gasteiger partial charge is 0.481 e. The second kappa shape index (κ2) is 5.22. The molecule has 1 aliphatic heterocycles. The molecule has 0 saturated heterocycles. The van der Waals surface area contributed by atoms with Crippen LogP contribution in [0.1, 0.15) is 12.5 Å². The molecule has 0 aliphatic carbocycles. The van der Waals surface area contributed by atoms with E-state index in [1.54, 1.807) is 0 Å². The molecule has 1 unspecified atom stereocenters. The van der Waals surface area contributed by atoms with Gasteiger partial charge in [-0.1, -0.05) is 6.92 Å². The van der Waals surface area contributed by atoms with Crippen LogP contribution in [0.5, 0.6) is 0 Å². The van der Waals surface area contributed by atoms with Crippen molar-refractivity contribution in [1.82, 2.24) is 4.72 Å². The number of fused-ring (bicyclic) bond motifs is 1. The van der Waals surface area contributed by atoms with Crippen molar-refractivity contribution in [1.29, 1.82) is 0 Å². The molecule has 0 aromatic heterocycles. The molecule has 1 aromatic carbocycles. The monoisotopic (exact) mass is 298 g/mol. The lowest BCUT2D eigenvalue weighted by Gasteiger charge is -2.10. The van der Waals surface area contributed by atoms with Crippen molar-refractivity contribution in [2.75, 3.05) is 11.9 Å². The van der Waals surface area contributed by atoms with Crippen LogP contribution in [0, 0.1) is 5.92 Å². The van der Waals surface area contributed by atoms with Crippen LogP contribution in [0.15, 0.2) is 23.1 Å². The quantitative estimate of drug-likeness (QED) is 0.718. The molecule has 1 atom stereocenters. The number of nitrogens with one attached hydrogen (secondary N) is 2. The number of carboxylic acid groups (broad SMARTS) is 1. The smallest absolute Gasteiger partial charge is 0.307 e. The van der Waals surface area contributed by atoms with Crippen molar-refractivity contribution in [2.24, 2.45) is 5.92 Å². The number of carbonyl (C=O) groups is 2. The maximum Gasteiger partial charge on any atom is 0.307 e. The molecule has 1 aliphatic rings. The molecule has 8 heteroatoms. The molecule has 0 fully saturated rings. The number of anilines is 1. The molecule has 7 nitrogen and oxygen atoms in total. The second-order valence-corrected chi connectivity index (χ2v) is 6.40. The number of benzene rings is 1. The maximum atomic E-state index is 12.0. The molecule has 20 heavy (non-hydrogen) atoms. The summed E-state index contributed by atoms with van der Waals surface area (Å²) in [6.45, 7) is 1.22. The van der Waals surface area contributed by atoms with E-state index in [1.807, 2.05) is 0 Å². The number of sulfonamides is 1. The zero-order valence-electron chi connectivity index (χ0n) is 10.7. The summed E-state index contributed by atoms with van der Waals surface area (Å²) in [6, 6.07) is 4.31. The first-order chi connectivity index (χ1) is 9.29. The van der Waals surface area contributed by atoms with Crippen molar-refractivity contribution < 1.29 is 23.1 Å². The highest BCUT2D eigenvalue weighted by molar-refractivity contribution is 7.89. The Labute approximate surface area is 116 Å². The summed E-state index contributed by atoms with van der Waals surface area (Å²) < 4.78 is 26.3. The highest BCUT2D eigenvalue weighted by Crippen LogP contribution is 2.25. The van der Waals surface area contributed by atoms with Gasteiger partial charge in [0.15, 0.2) is 0 Å². The SMILES string of the molecule is CC(CNS(=O)(=O)c1ccc2c(c1)CC(=O)N2)C(=O)O. The van der Waals surface area contributed by atoms with E-state index >= 15 is 0 Å². The highest BCUT2D eigenvalue weighted by Gasteiger charge is 2.22. The number of carboxylic acids is 1. The summed E-state index contributed by atoms with van der Waals surface area (Å²) in [5.41, 5.74) is 1.22. The lowest BCUT2D eigenvalue weighted by Crippen LogP contribution is -2.31. The van der Waals surface area contributed by atoms with E-state index in [9.17, 15) is 18.0 Å². The van der Waals surface area contributed by atoms with Gasteiger partial charge in [-0.05, 0) is 23.8 Å². The summed E-state index contributed by atoms with van der Waals surface area (Å²) in [5, 5.41) is 11.3. The molecule has 1 amide bonds. The van der Waals surface area contributed by atoms with Gasteiger partial charge in [-0.25, -0.2) is 13.1 Å². The zero-order valence-corrected chi connectivity index (χ0v) is 11.5. The van der Waals surface area contributed by atoms with Gasteiger partial charge in [0, 0.05) is 12.2 Å². The summed E-state index contributed by atoms with van der Waals surface area (Å²) in [6.07, 6.45) is 0.143. The second-order valence-electron chi connectivity index (χ2n) is 4.64. The van der Waals surface area contributed by atoms with Crippen molar-refractivity contribution in [2.45, 2.75) is 18.2 Å². The average molecular weight is 298 g/mol. The fourth-order valence-electron chi connectivity index (χ4n) is 1.78. The maximum absolute atomic E-state index is 12.0. The summed E-state index contributed by atoms with van der Waals surface area (Å²) in [5.74, 6) is -2.07. The molecule has 108 valence electrons. The third-order valence-electron chi connectivity index (χ3n) is 3.01. The van der Waals surface area contributed by atoms with Gasteiger partial charge >= 0.3 is 5.97 Å². The summed E-state index contributed by atoms with van der Waals surface area (Å²) in [7, 11) is -3.78. The number of hydrogen-bond acceptors (Lipinski definition) is 4. The number of rotatable bonds is 5. The first-order valence-electron chi connectivity index (χ1n) is 5.95. The lowest BCUT2D eigenvalue weighted by atomic mass is 10.2. The Kier molecular flexibility index (Phi) is 3.78. The molecule has 1 heterocycles. The van der Waals surface area contributed by atoms with Crippen LogP contribution in [-0.4, -0.2) is 31.9 Å². The first kappa shape index (κ1) is 14.5. The topological polar surface area (TPSA) is 113 Å². The third kappa shape index (κ3) is 2.97. The van der Waals surface area contributed by atoms with Crippen molar-refractivity contribution >= 4 is 27.6 Å². The third-order valence-corrected chi connectivity index (χ3v) is 4.43. The number of hydrogen-bond donors (Lipinski definition) is 3. The van der Waals surface area contributed by atoms with Crippen LogP contribution in [0.2, 0.25) is 0 Å². The molecule has 1 aromatic rings. The minimum atomic E-state index is -3.78. The number of carbonyl (C=O) groups excluding carboxylic acids is 1. The number of aliphatic carboxylic acids is 1. The molecule has 0 spiro atoms. The highest BCUT2D eigenvalue weighted by atomic mass is 32.2. The van der Waals surface area contributed by atoms with Gasteiger partial charge < -0.3 is 10.4 Å². The molecule has 0 radical (unpaired) electrons. The van der Waals surface area contributed by atoms with Gasteiger partial charge in [0.05, 0.1) is 17.2 Å². The Hall–Kier alpha value is -1.93. The van der Waals surface area contributed by atoms with E-state index in [2.05, 4.69) is 10.0 Å². The Balaban J connectivity index is 2.17. The van der Waals surface area contributed by atoms with E-state index in [-0.39, 0.29) is 23.8 Å². The minimum absolute atomic E-state index is 0.0188. The van der Waals surface area contributed by atoms with Gasteiger partial charge in [-0.2, -0.15) is 0 Å². The Morgan fingerprint density at radius 1 is 1.50 bits per heavy atom. The van der Waals surface area contributed by atoms with Crippen LogP contribution in [-0.2, 0) is 26.0 Å². The van der Waals surface area contributed by atoms with Gasteiger partial charge in [0.1, 0.15) is 0 Å². The fraction of sp³-hybridized carbons (Fsp3) is 0.333. The van der Waals surface area contributed by atoms with Crippen LogP contribution in [0.4, 0.5) is 5.69 Å². The van der Waals surface area contributed by atoms with Crippen LogP contribution in [0.3, 0.4) is 0 Å². The van der Waals surface area contributed by atoms with Crippen LogP contribution >= 0.6 is 0 Å². The van der Waals surface area contributed by atoms with Gasteiger partial charge in [-0.15, -0.1) is 0 Å². The van der Waals surface area contributed by atoms with Crippen LogP contribution < -0.4 is 10.0 Å². The Morgan fingerprint density at radius 2 is 2.20 bits per heavy atom. The van der Waals surface area contributed by atoms with Crippen LogP contribution in [0.25, 0.3) is 0 Å². The van der Waals surface area contributed by atoms with E-state index < -0.39 is 21.9 Å². The number of amides is 1. The van der Waals surface area contributed by atoms with Crippen molar-refractivity contribution in [3.05, 3.63) is 23.8 Å². The molecule has 2 rings (SSSR count). The summed E-state index contributed by atoms with van der Waals surface area (Å²) in [4.78, 5) is 21.9. The average Bonchev–Trinajstić information content (AvgIpc) is 2.74.